The van der Waals surface area contributed by atoms with Gasteiger partial charge in [0.05, 0.1) is 18.1 Å². The second-order valence-electron chi connectivity index (χ2n) is 6.52. The molecule has 146 valence electrons. The van der Waals surface area contributed by atoms with E-state index in [0.29, 0.717) is 17.3 Å². The van der Waals surface area contributed by atoms with Gasteiger partial charge in [-0.1, -0.05) is 58.4 Å². The third kappa shape index (κ3) is 4.09. The van der Waals surface area contributed by atoms with Gasteiger partial charge in [0.15, 0.2) is 0 Å². The van der Waals surface area contributed by atoms with E-state index in [1.165, 1.54) is 4.90 Å². The maximum absolute atomic E-state index is 13.0. The lowest BCUT2D eigenvalue weighted by molar-refractivity contribution is -0.123. The average Bonchev–Trinajstić information content (AvgIpc) is 2.98. The lowest BCUT2D eigenvalue weighted by Gasteiger charge is -2.14. The molecule has 1 aliphatic heterocycles. The number of carbonyl (C=O) groups is 2. The van der Waals surface area contributed by atoms with Crippen molar-refractivity contribution in [3.63, 3.8) is 0 Å². The molecule has 0 saturated carbocycles. The highest BCUT2D eigenvalue weighted by molar-refractivity contribution is 9.10. The standard InChI is InChI=1S/C23H18BrNO3S/c1-2-28-20-11-10-18(24)12-17(20)13-21-22(26)25(23(27)29-21)14-16-8-5-7-15-6-3-4-9-19(15)16/h3-13H,2,14H2,1H3/b21-13+. The Morgan fingerprint density at radius 3 is 2.69 bits per heavy atom. The zero-order chi connectivity index (χ0) is 20.4. The first kappa shape index (κ1) is 19.7. The van der Waals surface area contributed by atoms with E-state index in [1.807, 2.05) is 67.6 Å². The number of nitrogens with zero attached hydrogens (tertiary/aromatic N) is 1. The summed E-state index contributed by atoms with van der Waals surface area (Å²) in [6.45, 7) is 2.68. The Hall–Kier alpha value is -2.57. The van der Waals surface area contributed by atoms with E-state index in [1.54, 1.807) is 6.08 Å². The number of amides is 2. The Morgan fingerprint density at radius 2 is 1.86 bits per heavy atom. The van der Waals surface area contributed by atoms with E-state index in [-0.39, 0.29) is 17.7 Å². The van der Waals surface area contributed by atoms with Crippen LogP contribution in [0.1, 0.15) is 18.1 Å². The monoisotopic (exact) mass is 467 g/mol. The van der Waals surface area contributed by atoms with Crippen LogP contribution in [-0.2, 0) is 11.3 Å². The highest BCUT2D eigenvalue weighted by Gasteiger charge is 2.35. The van der Waals surface area contributed by atoms with Crippen LogP contribution in [0.2, 0.25) is 0 Å². The molecule has 1 aliphatic rings. The lowest BCUT2D eigenvalue weighted by Crippen LogP contribution is -2.27. The molecule has 6 heteroatoms. The molecular formula is C23H18BrNO3S. The van der Waals surface area contributed by atoms with E-state index in [9.17, 15) is 9.59 Å². The second-order valence-corrected chi connectivity index (χ2v) is 8.43. The maximum atomic E-state index is 13.0. The van der Waals surface area contributed by atoms with E-state index in [4.69, 9.17) is 4.74 Å². The molecule has 0 atom stereocenters. The van der Waals surface area contributed by atoms with Gasteiger partial charge in [-0.05, 0) is 59.3 Å². The molecule has 0 aliphatic carbocycles. The molecule has 1 fully saturated rings. The van der Waals surface area contributed by atoms with Crippen molar-refractivity contribution in [1.82, 2.24) is 4.90 Å². The number of carbonyl (C=O) groups excluding carboxylic acids is 2. The topological polar surface area (TPSA) is 46.6 Å². The zero-order valence-electron chi connectivity index (χ0n) is 15.7. The number of ether oxygens (including phenoxy) is 1. The summed E-state index contributed by atoms with van der Waals surface area (Å²) in [4.78, 5) is 27.3. The molecule has 1 saturated heterocycles. The minimum absolute atomic E-state index is 0.250. The van der Waals surface area contributed by atoms with Gasteiger partial charge in [0.25, 0.3) is 11.1 Å². The van der Waals surface area contributed by atoms with Gasteiger partial charge in [-0.3, -0.25) is 14.5 Å². The van der Waals surface area contributed by atoms with Crippen LogP contribution in [0, 0.1) is 0 Å². The van der Waals surface area contributed by atoms with Crippen molar-refractivity contribution in [2.75, 3.05) is 6.61 Å². The average molecular weight is 468 g/mol. The predicted molar refractivity (Wildman–Crippen MR) is 121 cm³/mol. The molecule has 0 N–H and O–H groups in total. The molecule has 0 radical (unpaired) electrons. The highest BCUT2D eigenvalue weighted by atomic mass is 79.9. The first-order valence-corrected chi connectivity index (χ1v) is 10.8. The lowest BCUT2D eigenvalue weighted by atomic mass is 10.0. The van der Waals surface area contributed by atoms with Crippen molar-refractivity contribution in [1.29, 1.82) is 0 Å². The van der Waals surface area contributed by atoms with Crippen molar-refractivity contribution in [3.05, 3.63) is 81.2 Å². The number of halogens is 1. The molecule has 2 amide bonds. The number of imide groups is 1. The Labute approximate surface area is 181 Å². The number of hydrogen-bond donors (Lipinski definition) is 0. The van der Waals surface area contributed by atoms with Gasteiger partial charge in [-0.15, -0.1) is 0 Å². The van der Waals surface area contributed by atoms with Gasteiger partial charge >= 0.3 is 0 Å². The van der Waals surface area contributed by atoms with Crippen molar-refractivity contribution in [2.45, 2.75) is 13.5 Å². The Morgan fingerprint density at radius 1 is 1.07 bits per heavy atom. The van der Waals surface area contributed by atoms with E-state index in [2.05, 4.69) is 15.9 Å². The minimum atomic E-state index is -0.282. The first-order chi connectivity index (χ1) is 14.1. The molecule has 1 heterocycles. The minimum Gasteiger partial charge on any atom is -0.493 e. The fourth-order valence-corrected chi connectivity index (χ4v) is 4.51. The molecule has 3 aromatic carbocycles. The smallest absolute Gasteiger partial charge is 0.293 e. The van der Waals surface area contributed by atoms with Gasteiger partial charge in [-0.2, -0.15) is 0 Å². The van der Waals surface area contributed by atoms with Crippen molar-refractivity contribution in [2.24, 2.45) is 0 Å². The van der Waals surface area contributed by atoms with Crippen LogP contribution in [0.15, 0.2) is 70.0 Å². The van der Waals surface area contributed by atoms with Crippen molar-refractivity contribution in [3.8, 4) is 5.75 Å². The van der Waals surface area contributed by atoms with Gasteiger partial charge < -0.3 is 4.74 Å². The summed E-state index contributed by atoms with van der Waals surface area (Å²) in [6.07, 6.45) is 1.73. The van der Waals surface area contributed by atoms with Crippen LogP contribution >= 0.6 is 27.7 Å². The SMILES string of the molecule is CCOc1ccc(Br)cc1/C=C1/SC(=O)N(Cc2cccc3ccccc23)C1=O. The molecule has 0 spiro atoms. The van der Waals surface area contributed by atoms with E-state index < -0.39 is 0 Å². The Kier molecular flexibility index (Phi) is 5.74. The molecule has 4 nitrogen and oxygen atoms in total. The van der Waals surface area contributed by atoms with Gasteiger partial charge in [0, 0.05) is 10.0 Å². The molecular weight excluding hydrogens is 450 g/mol. The van der Waals surface area contributed by atoms with Crippen LogP contribution in [-0.4, -0.2) is 22.7 Å². The summed E-state index contributed by atoms with van der Waals surface area (Å²) >= 11 is 4.41. The summed E-state index contributed by atoms with van der Waals surface area (Å²) in [7, 11) is 0. The summed E-state index contributed by atoms with van der Waals surface area (Å²) < 4.78 is 6.53. The van der Waals surface area contributed by atoms with Crippen LogP contribution in [0.25, 0.3) is 16.8 Å². The number of fused-ring (bicyclic) bond motifs is 1. The van der Waals surface area contributed by atoms with Crippen molar-refractivity contribution >= 4 is 55.7 Å². The molecule has 0 bridgehead atoms. The van der Waals surface area contributed by atoms with Gasteiger partial charge in [0.1, 0.15) is 5.75 Å². The first-order valence-electron chi connectivity index (χ1n) is 9.21. The van der Waals surface area contributed by atoms with Crippen LogP contribution < -0.4 is 4.74 Å². The van der Waals surface area contributed by atoms with E-state index in [0.717, 1.165) is 38.1 Å². The Balaban J connectivity index is 1.64. The fourth-order valence-electron chi connectivity index (χ4n) is 3.30. The predicted octanol–water partition coefficient (Wildman–Crippen LogP) is 6.24. The van der Waals surface area contributed by atoms with E-state index >= 15 is 0 Å². The largest absolute Gasteiger partial charge is 0.493 e. The molecule has 0 aromatic heterocycles. The fraction of sp³-hybridized carbons (Fsp3) is 0.130. The molecule has 0 unspecified atom stereocenters. The number of thioether (sulfide) groups is 1. The molecule has 29 heavy (non-hydrogen) atoms. The van der Waals surface area contributed by atoms with Crippen LogP contribution in [0.4, 0.5) is 4.79 Å². The van der Waals surface area contributed by atoms with Gasteiger partial charge in [0.2, 0.25) is 0 Å². The van der Waals surface area contributed by atoms with Crippen molar-refractivity contribution < 1.29 is 14.3 Å². The maximum Gasteiger partial charge on any atom is 0.293 e. The van der Waals surface area contributed by atoms with Crippen LogP contribution in [0.3, 0.4) is 0 Å². The zero-order valence-corrected chi connectivity index (χ0v) is 18.1. The third-order valence-electron chi connectivity index (χ3n) is 4.64. The quantitative estimate of drug-likeness (QED) is 0.416. The molecule has 3 aromatic rings. The summed E-state index contributed by atoms with van der Waals surface area (Å²) in [6, 6.07) is 19.5. The summed E-state index contributed by atoms with van der Waals surface area (Å²) in [5, 5.41) is 1.87. The summed E-state index contributed by atoms with van der Waals surface area (Å²) in [5.41, 5.74) is 1.71. The Bertz CT molecular complexity index is 1140. The van der Waals surface area contributed by atoms with Crippen LogP contribution in [0.5, 0.6) is 5.75 Å². The number of benzene rings is 3. The second kappa shape index (κ2) is 8.43. The van der Waals surface area contributed by atoms with Gasteiger partial charge in [-0.25, -0.2) is 0 Å². The number of hydrogen-bond acceptors (Lipinski definition) is 4. The molecule has 4 rings (SSSR count). The summed E-state index contributed by atoms with van der Waals surface area (Å²) in [5.74, 6) is 0.395. The number of rotatable bonds is 5. The highest BCUT2D eigenvalue weighted by Crippen LogP contribution is 2.36. The third-order valence-corrected chi connectivity index (χ3v) is 6.04. The normalized spacial score (nSPS) is 15.5.